The maximum absolute atomic E-state index is 13.5. The molecule has 0 aliphatic heterocycles. The average molecular weight is 470 g/mol. The van der Waals surface area contributed by atoms with Crippen LogP contribution in [0.15, 0.2) is 67.1 Å². The van der Waals surface area contributed by atoms with E-state index in [0.29, 0.717) is 30.9 Å². The lowest BCUT2D eigenvalue weighted by molar-refractivity contribution is -0.121. The van der Waals surface area contributed by atoms with Crippen LogP contribution in [-0.4, -0.2) is 35.3 Å². The van der Waals surface area contributed by atoms with Gasteiger partial charge in [0.25, 0.3) is 5.78 Å². The van der Waals surface area contributed by atoms with Crippen molar-refractivity contribution >= 4 is 11.7 Å². The summed E-state index contributed by atoms with van der Waals surface area (Å²) >= 11 is 0. The molecule has 3 aromatic heterocycles. The smallest absolute Gasteiger partial charge is 0.252 e. The predicted molar refractivity (Wildman–Crippen MR) is 129 cm³/mol. The van der Waals surface area contributed by atoms with Crippen molar-refractivity contribution in [1.29, 1.82) is 0 Å². The quantitative estimate of drug-likeness (QED) is 0.389. The third-order valence-electron chi connectivity index (χ3n) is 6.00. The number of rotatable bonds is 7. The lowest BCUT2D eigenvalue weighted by Crippen LogP contribution is -2.23. The molecule has 8 nitrogen and oxygen atoms in total. The van der Waals surface area contributed by atoms with Crippen molar-refractivity contribution in [2.45, 2.75) is 33.2 Å². The number of hydrogen-bond donors (Lipinski definition) is 1. The summed E-state index contributed by atoms with van der Waals surface area (Å²) in [5, 5.41) is 11.9. The average Bonchev–Trinajstić information content (AvgIpc) is 3.51. The van der Waals surface area contributed by atoms with E-state index < -0.39 is 0 Å². The number of aryl methyl sites for hydroxylation is 2. The highest BCUT2D eigenvalue weighted by Gasteiger charge is 2.15. The molecule has 5 rings (SSSR count). The Morgan fingerprint density at radius 3 is 2.60 bits per heavy atom. The van der Waals surface area contributed by atoms with Gasteiger partial charge in [-0.15, -0.1) is 0 Å². The van der Waals surface area contributed by atoms with Gasteiger partial charge in [-0.05, 0) is 62.2 Å². The fourth-order valence-corrected chi connectivity index (χ4v) is 4.14. The molecule has 35 heavy (non-hydrogen) atoms. The first-order chi connectivity index (χ1) is 17.0. The predicted octanol–water partition coefficient (Wildman–Crippen LogP) is 3.98. The molecule has 176 valence electrons. The van der Waals surface area contributed by atoms with Gasteiger partial charge in [0.15, 0.2) is 0 Å². The molecule has 5 aromatic rings. The molecule has 0 aliphatic carbocycles. The van der Waals surface area contributed by atoms with Gasteiger partial charge in [-0.25, -0.2) is 18.6 Å². The lowest BCUT2D eigenvalue weighted by Gasteiger charge is -2.10. The number of nitrogens with one attached hydrogen (secondary N) is 1. The zero-order chi connectivity index (χ0) is 24.4. The Morgan fingerprint density at radius 2 is 1.83 bits per heavy atom. The van der Waals surface area contributed by atoms with Crippen molar-refractivity contribution in [3.05, 3.63) is 95.5 Å². The first kappa shape index (κ1) is 22.4. The van der Waals surface area contributed by atoms with Crippen molar-refractivity contribution in [3.63, 3.8) is 0 Å². The number of carbonyl (C=O) groups is 1. The van der Waals surface area contributed by atoms with E-state index in [1.54, 1.807) is 21.3 Å². The van der Waals surface area contributed by atoms with Crippen LogP contribution in [0.25, 0.3) is 22.7 Å². The second kappa shape index (κ2) is 9.46. The second-order valence-corrected chi connectivity index (χ2v) is 8.30. The molecule has 0 radical (unpaired) electrons. The minimum absolute atomic E-state index is 0.0833. The molecular formula is C26H24FN7O. The van der Waals surface area contributed by atoms with Crippen LogP contribution in [-0.2, 0) is 17.8 Å². The van der Waals surface area contributed by atoms with Crippen LogP contribution in [0.5, 0.6) is 0 Å². The van der Waals surface area contributed by atoms with Crippen molar-refractivity contribution in [2.24, 2.45) is 0 Å². The minimum Gasteiger partial charge on any atom is -0.352 e. The molecule has 0 fully saturated rings. The number of nitrogens with zero attached hydrogens (tertiary/aromatic N) is 6. The zero-order valence-electron chi connectivity index (χ0n) is 19.4. The van der Waals surface area contributed by atoms with Crippen LogP contribution in [0.2, 0.25) is 0 Å². The molecule has 0 saturated heterocycles. The largest absolute Gasteiger partial charge is 0.352 e. The van der Waals surface area contributed by atoms with Crippen LogP contribution in [0.4, 0.5) is 4.39 Å². The third kappa shape index (κ3) is 4.65. The van der Waals surface area contributed by atoms with Crippen LogP contribution in [0, 0.1) is 19.7 Å². The molecule has 1 N–H and O–H groups in total. The van der Waals surface area contributed by atoms with E-state index in [2.05, 4.69) is 20.4 Å². The van der Waals surface area contributed by atoms with E-state index in [0.717, 1.165) is 33.8 Å². The SMILES string of the molecule is Cc1nc2ncnn2c(C)c1CCC(=O)NCc1cn(-c2ccccc2)nc1-c1ccc(F)cc1. The summed E-state index contributed by atoms with van der Waals surface area (Å²) in [5.74, 6) is 0.159. The number of aromatic nitrogens is 6. The number of benzene rings is 2. The lowest BCUT2D eigenvalue weighted by atomic mass is 10.1. The maximum atomic E-state index is 13.5. The molecule has 0 saturated carbocycles. The molecule has 1 amide bonds. The molecule has 0 atom stereocenters. The Bertz CT molecular complexity index is 1490. The second-order valence-electron chi connectivity index (χ2n) is 8.30. The van der Waals surface area contributed by atoms with Gasteiger partial charge in [-0.1, -0.05) is 18.2 Å². The number of para-hydroxylation sites is 1. The van der Waals surface area contributed by atoms with Crippen LogP contribution >= 0.6 is 0 Å². The van der Waals surface area contributed by atoms with Crippen LogP contribution in [0.1, 0.15) is 28.9 Å². The highest BCUT2D eigenvalue weighted by molar-refractivity contribution is 5.76. The number of fused-ring (bicyclic) bond motifs is 1. The van der Waals surface area contributed by atoms with Crippen molar-refractivity contribution < 1.29 is 9.18 Å². The van der Waals surface area contributed by atoms with Gasteiger partial charge in [0.2, 0.25) is 5.91 Å². The summed E-state index contributed by atoms with van der Waals surface area (Å²) in [6.07, 6.45) is 4.22. The molecule has 0 aliphatic rings. The molecule has 0 bridgehead atoms. The summed E-state index contributed by atoms with van der Waals surface area (Å²) in [6, 6.07) is 15.9. The van der Waals surface area contributed by atoms with Gasteiger partial charge < -0.3 is 5.32 Å². The molecule has 0 unspecified atom stereocenters. The maximum Gasteiger partial charge on any atom is 0.252 e. The summed E-state index contributed by atoms with van der Waals surface area (Å²) in [7, 11) is 0. The van der Waals surface area contributed by atoms with Gasteiger partial charge in [-0.3, -0.25) is 4.79 Å². The third-order valence-corrected chi connectivity index (χ3v) is 6.00. The standard InChI is InChI=1S/C26H24FN7O/c1-17-23(18(2)34-26(31-17)29-16-30-34)12-13-24(35)28-14-20-15-33(22-6-4-3-5-7-22)32-25(20)19-8-10-21(27)11-9-19/h3-11,15-16H,12-14H2,1-2H3,(H,28,35). The Balaban J connectivity index is 1.33. The normalized spacial score (nSPS) is 11.2. The molecule has 0 spiro atoms. The summed E-state index contributed by atoms with van der Waals surface area (Å²) in [5.41, 5.74) is 5.98. The highest BCUT2D eigenvalue weighted by Crippen LogP contribution is 2.24. The van der Waals surface area contributed by atoms with Gasteiger partial charge >= 0.3 is 0 Å². The summed E-state index contributed by atoms with van der Waals surface area (Å²) < 4.78 is 16.9. The van der Waals surface area contributed by atoms with Crippen molar-refractivity contribution in [2.75, 3.05) is 0 Å². The molecule has 9 heteroatoms. The highest BCUT2D eigenvalue weighted by atomic mass is 19.1. The van der Waals surface area contributed by atoms with E-state index in [1.807, 2.05) is 50.4 Å². The van der Waals surface area contributed by atoms with Gasteiger partial charge in [0, 0.05) is 41.7 Å². The molecule has 2 aromatic carbocycles. The van der Waals surface area contributed by atoms with Crippen LogP contribution in [0.3, 0.4) is 0 Å². The topological polar surface area (TPSA) is 90.0 Å². The first-order valence-corrected chi connectivity index (χ1v) is 11.3. The number of amides is 1. The molecule has 3 heterocycles. The summed E-state index contributed by atoms with van der Waals surface area (Å²) in [4.78, 5) is 21.4. The Kier molecular flexibility index (Phi) is 6.05. The van der Waals surface area contributed by atoms with E-state index in [4.69, 9.17) is 5.10 Å². The minimum atomic E-state index is -0.310. The monoisotopic (exact) mass is 469 g/mol. The van der Waals surface area contributed by atoms with E-state index >= 15 is 0 Å². The zero-order valence-corrected chi connectivity index (χ0v) is 19.4. The van der Waals surface area contributed by atoms with Crippen molar-refractivity contribution in [1.82, 2.24) is 34.7 Å². The summed E-state index contributed by atoms with van der Waals surface area (Å²) in [6.45, 7) is 4.18. The number of hydrogen-bond acceptors (Lipinski definition) is 5. The van der Waals surface area contributed by atoms with Crippen LogP contribution < -0.4 is 5.32 Å². The van der Waals surface area contributed by atoms with E-state index in [1.165, 1.54) is 18.5 Å². The van der Waals surface area contributed by atoms with E-state index in [9.17, 15) is 9.18 Å². The fourth-order valence-electron chi connectivity index (χ4n) is 4.14. The number of halogens is 1. The van der Waals surface area contributed by atoms with Gasteiger partial charge in [0.1, 0.15) is 12.1 Å². The fraction of sp³-hybridized carbons (Fsp3) is 0.192. The first-order valence-electron chi connectivity index (χ1n) is 11.3. The van der Waals surface area contributed by atoms with Gasteiger partial charge in [0.05, 0.1) is 11.4 Å². The van der Waals surface area contributed by atoms with Crippen molar-refractivity contribution in [3.8, 4) is 16.9 Å². The van der Waals surface area contributed by atoms with E-state index in [-0.39, 0.29) is 11.7 Å². The number of carbonyl (C=O) groups excluding carboxylic acids is 1. The van der Waals surface area contributed by atoms with Gasteiger partial charge in [-0.2, -0.15) is 15.2 Å². The molecular weight excluding hydrogens is 445 g/mol. The Labute approximate surface area is 201 Å². The Morgan fingerprint density at radius 1 is 1.06 bits per heavy atom. The Hall–Kier alpha value is -4.40.